The fraction of sp³-hybridized carbons (Fsp3) is 0.571. The standard InChI is InChI=1S/3C14H22O.H3O4P/c3*1-2-3-4-5-6-7-10-13-11-8-9-12-14(13)15;1-5(2,3)4/h3*8-9,11-12,15H,2-7,10H2,1H3;(H3,1,2,3,4). The summed E-state index contributed by atoms with van der Waals surface area (Å²) in [5.74, 6) is 1.35. The van der Waals surface area contributed by atoms with E-state index < -0.39 is 7.82 Å². The fourth-order valence-corrected chi connectivity index (χ4v) is 5.45. The highest BCUT2D eigenvalue weighted by Crippen LogP contribution is 2.26. The van der Waals surface area contributed by atoms with Crippen molar-refractivity contribution in [3.63, 3.8) is 0 Å². The summed E-state index contributed by atoms with van der Waals surface area (Å²) in [6, 6.07) is 23.0. The fourth-order valence-electron chi connectivity index (χ4n) is 5.45. The average molecular weight is 717 g/mol. The van der Waals surface area contributed by atoms with Gasteiger partial charge >= 0.3 is 7.82 Å². The minimum atomic E-state index is -4.64. The number of phenols is 3. The van der Waals surface area contributed by atoms with Gasteiger partial charge in [0.25, 0.3) is 0 Å². The SMILES string of the molecule is CCCCCCCCc1ccccc1O.CCCCCCCCc1ccccc1O.CCCCCCCCc1ccccc1O.O=P(O)(O)O. The van der Waals surface area contributed by atoms with Gasteiger partial charge in [-0.05, 0) is 73.4 Å². The lowest BCUT2D eigenvalue weighted by Crippen LogP contribution is -1.86. The number of aryl methyl sites for hydroxylation is 3. The highest BCUT2D eigenvalue weighted by atomic mass is 31.2. The Kier molecular flexibility index (Phi) is 30.3. The molecular formula is C42H69O7P. The van der Waals surface area contributed by atoms with Crippen LogP contribution >= 0.6 is 7.82 Å². The summed E-state index contributed by atoms with van der Waals surface area (Å²) in [5.41, 5.74) is 3.27. The van der Waals surface area contributed by atoms with Crippen LogP contribution in [0.2, 0.25) is 0 Å². The predicted octanol–water partition coefficient (Wildman–Crippen LogP) is 12.0. The van der Waals surface area contributed by atoms with Crippen LogP contribution in [0.4, 0.5) is 0 Å². The largest absolute Gasteiger partial charge is 0.508 e. The van der Waals surface area contributed by atoms with Gasteiger partial charge in [0.1, 0.15) is 17.2 Å². The van der Waals surface area contributed by atoms with Crippen molar-refractivity contribution in [1.29, 1.82) is 0 Å². The van der Waals surface area contributed by atoms with Crippen molar-refractivity contribution in [3.05, 3.63) is 89.5 Å². The molecule has 0 heterocycles. The molecule has 0 saturated carbocycles. The van der Waals surface area contributed by atoms with Crippen molar-refractivity contribution in [1.82, 2.24) is 0 Å². The maximum atomic E-state index is 9.55. The normalized spacial score (nSPS) is 10.6. The second kappa shape index (κ2) is 32.1. The second-order valence-corrected chi connectivity index (χ2v) is 14.0. The van der Waals surface area contributed by atoms with Gasteiger partial charge in [0.15, 0.2) is 0 Å². The molecule has 0 aliphatic rings. The van der Waals surface area contributed by atoms with Gasteiger partial charge in [-0.2, -0.15) is 0 Å². The van der Waals surface area contributed by atoms with Crippen molar-refractivity contribution >= 4 is 7.82 Å². The molecule has 0 fully saturated rings. The maximum absolute atomic E-state index is 9.55. The van der Waals surface area contributed by atoms with Crippen LogP contribution in [-0.2, 0) is 23.8 Å². The highest BCUT2D eigenvalue weighted by Gasteiger charge is 2.01. The van der Waals surface area contributed by atoms with Crippen molar-refractivity contribution in [2.75, 3.05) is 0 Å². The van der Waals surface area contributed by atoms with Crippen molar-refractivity contribution < 1.29 is 34.6 Å². The van der Waals surface area contributed by atoms with E-state index in [1.54, 1.807) is 18.2 Å². The van der Waals surface area contributed by atoms with E-state index >= 15 is 0 Å². The zero-order chi connectivity index (χ0) is 37.3. The third-order valence-corrected chi connectivity index (χ3v) is 8.37. The zero-order valence-corrected chi connectivity index (χ0v) is 32.2. The second-order valence-electron chi connectivity index (χ2n) is 13.0. The summed E-state index contributed by atoms with van der Waals surface area (Å²) < 4.78 is 8.88. The van der Waals surface area contributed by atoms with Crippen molar-refractivity contribution in [2.24, 2.45) is 0 Å². The number of aromatic hydroxyl groups is 3. The van der Waals surface area contributed by atoms with E-state index in [0.29, 0.717) is 17.2 Å². The van der Waals surface area contributed by atoms with Crippen molar-refractivity contribution in [2.45, 2.75) is 156 Å². The summed E-state index contributed by atoms with van der Waals surface area (Å²) in [6.45, 7) is 6.71. The smallest absolute Gasteiger partial charge is 0.466 e. The number of phosphoric acid groups is 1. The Hall–Kier alpha value is -2.83. The Labute approximate surface area is 304 Å². The lowest BCUT2D eigenvalue weighted by Gasteiger charge is -2.03. The number of rotatable bonds is 21. The molecule has 6 N–H and O–H groups in total. The molecule has 8 heteroatoms. The van der Waals surface area contributed by atoms with Crippen LogP contribution in [0.3, 0.4) is 0 Å². The minimum absolute atomic E-state index is 0.450. The molecule has 50 heavy (non-hydrogen) atoms. The monoisotopic (exact) mass is 716 g/mol. The molecule has 0 unspecified atom stereocenters. The Morgan fingerprint density at radius 1 is 0.380 bits per heavy atom. The molecule has 0 spiro atoms. The molecule has 7 nitrogen and oxygen atoms in total. The van der Waals surface area contributed by atoms with E-state index in [0.717, 1.165) is 36.0 Å². The van der Waals surface area contributed by atoms with Gasteiger partial charge in [0, 0.05) is 0 Å². The third kappa shape index (κ3) is 30.0. The van der Waals surface area contributed by atoms with E-state index in [9.17, 15) is 15.3 Å². The molecule has 0 bridgehead atoms. The summed E-state index contributed by atoms with van der Waals surface area (Å²) >= 11 is 0. The van der Waals surface area contributed by atoms with Gasteiger partial charge in [0.2, 0.25) is 0 Å². The molecule has 0 atom stereocenters. The lowest BCUT2D eigenvalue weighted by molar-refractivity contribution is 0.275. The van der Waals surface area contributed by atoms with Crippen LogP contribution in [0, 0.1) is 0 Å². The zero-order valence-electron chi connectivity index (χ0n) is 31.3. The van der Waals surface area contributed by atoms with Crippen LogP contribution in [0.15, 0.2) is 72.8 Å². The number of hydrogen-bond acceptors (Lipinski definition) is 4. The summed E-state index contributed by atoms with van der Waals surface area (Å²) in [4.78, 5) is 21.6. The van der Waals surface area contributed by atoms with Crippen LogP contribution in [-0.4, -0.2) is 30.0 Å². The average Bonchev–Trinajstić information content (AvgIpc) is 3.08. The molecule has 3 aromatic carbocycles. The lowest BCUT2D eigenvalue weighted by atomic mass is 10.0. The maximum Gasteiger partial charge on any atom is 0.466 e. The first-order valence-corrected chi connectivity index (χ1v) is 20.7. The Morgan fingerprint density at radius 2 is 0.580 bits per heavy atom. The van der Waals surface area contributed by atoms with Crippen LogP contribution in [0.25, 0.3) is 0 Å². The molecule has 3 aromatic rings. The topological polar surface area (TPSA) is 138 Å². The number of hydrogen-bond donors (Lipinski definition) is 6. The van der Waals surface area contributed by atoms with Gasteiger partial charge in [0.05, 0.1) is 0 Å². The Bertz CT molecular complexity index is 1100. The highest BCUT2D eigenvalue weighted by molar-refractivity contribution is 7.45. The molecule has 0 aromatic heterocycles. The predicted molar refractivity (Wildman–Crippen MR) is 210 cm³/mol. The van der Waals surface area contributed by atoms with Gasteiger partial charge < -0.3 is 30.0 Å². The minimum Gasteiger partial charge on any atom is -0.508 e. The molecule has 0 saturated heterocycles. The van der Waals surface area contributed by atoms with Crippen LogP contribution < -0.4 is 0 Å². The number of unbranched alkanes of at least 4 members (excludes halogenated alkanes) is 15. The molecule has 0 aliphatic carbocycles. The molecule has 0 radical (unpaired) electrons. The van der Waals surface area contributed by atoms with Crippen molar-refractivity contribution in [3.8, 4) is 17.2 Å². The van der Waals surface area contributed by atoms with Gasteiger partial charge in [-0.3, -0.25) is 0 Å². The van der Waals surface area contributed by atoms with Gasteiger partial charge in [-0.25, -0.2) is 4.57 Å². The molecule has 0 amide bonds. The summed E-state index contributed by atoms with van der Waals surface area (Å²) in [6.07, 6.45) is 26.6. The molecule has 3 rings (SSSR count). The molecule has 0 aliphatic heterocycles. The van der Waals surface area contributed by atoms with E-state index in [4.69, 9.17) is 19.2 Å². The molecule has 284 valence electrons. The first-order chi connectivity index (χ1) is 24.0. The third-order valence-electron chi connectivity index (χ3n) is 8.37. The first-order valence-electron chi connectivity index (χ1n) is 19.1. The summed E-state index contributed by atoms with van der Waals surface area (Å²) in [5, 5.41) is 28.7. The number of para-hydroxylation sites is 3. The first kappa shape index (κ1) is 47.2. The summed E-state index contributed by atoms with van der Waals surface area (Å²) in [7, 11) is -4.64. The molecular weight excluding hydrogens is 647 g/mol. The Balaban J connectivity index is 0.000000674. The van der Waals surface area contributed by atoms with E-state index in [1.807, 2.05) is 54.6 Å². The van der Waals surface area contributed by atoms with Crippen LogP contribution in [0.1, 0.15) is 153 Å². The van der Waals surface area contributed by atoms with E-state index in [1.165, 1.54) is 116 Å². The quantitative estimate of drug-likeness (QED) is 0.0476. The number of phenolic OH excluding ortho intramolecular Hbond substituents is 3. The van der Waals surface area contributed by atoms with E-state index in [-0.39, 0.29) is 0 Å². The number of benzene rings is 3. The van der Waals surface area contributed by atoms with Gasteiger partial charge in [-0.1, -0.05) is 172 Å². The van der Waals surface area contributed by atoms with Gasteiger partial charge in [-0.15, -0.1) is 0 Å². The Morgan fingerprint density at radius 3 is 0.800 bits per heavy atom. The van der Waals surface area contributed by atoms with E-state index in [2.05, 4.69) is 20.8 Å². The van der Waals surface area contributed by atoms with Crippen LogP contribution in [0.5, 0.6) is 17.2 Å².